The zero-order valence-electron chi connectivity index (χ0n) is 11.8. The molecule has 3 rings (SSSR count). The SMILES string of the molecule is CCN(CC)C(=O)/C=C/c1ccc2n1Cc1ccsc1-2. The van der Waals surface area contributed by atoms with Crippen LogP contribution in [0, 0.1) is 0 Å². The fourth-order valence-corrected chi connectivity index (χ4v) is 3.61. The van der Waals surface area contributed by atoms with Gasteiger partial charge in [-0.25, -0.2) is 0 Å². The van der Waals surface area contributed by atoms with Crippen LogP contribution in [0.15, 0.2) is 29.7 Å². The Morgan fingerprint density at radius 2 is 2.15 bits per heavy atom. The highest BCUT2D eigenvalue weighted by Gasteiger charge is 2.20. The fraction of sp³-hybridized carbons (Fsp3) is 0.312. The van der Waals surface area contributed by atoms with Gasteiger partial charge in [-0.3, -0.25) is 4.79 Å². The van der Waals surface area contributed by atoms with E-state index < -0.39 is 0 Å². The van der Waals surface area contributed by atoms with Crippen LogP contribution in [0.2, 0.25) is 0 Å². The van der Waals surface area contributed by atoms with Gasteiger partial charge in [-0.2, -0.15) is 0 Å². The van der Waals surface area contributed by atoms with E-state index in [1.165, 1.54) is 16.1 Å². The molecular weight excluding hydrogens is 268 g/mol. The van der Waals surface area contributed by atoms with E-state index in [0.717, 1.165) is 25.3 Å². The number of carbonyl (C=O) groups is 1. The first-order valence-corrected chi connectivity index (χ1v) is 7.85. The minimum absolute atomic E-state index is 0.0818. The molecule has 3 nitrogen and oxygen atoms in total. The highest BCUT2D eigenvalue weighted by Crippen LogP contribution is 2.38. The van der Waals surface area contributed by atoms with Crippen molar-refractivity contribution in [2.24, 2.45) is 0 Å². The lowest BCUT2D eigenvalue weighted by molar-refractivity contribution is -0.125. The first-order valence-electron chi connectivity index (χ1n) is 6.97. The second-order valence-electron chi connectivity index (χ2n) is 4.85. The Morgan fingerprint density at radius 1 is 1.35 bits per heavy atom. The van der Waals surface area contributed by atoms with Crippen molar-refractivity contribution in [2.75, 3.05) is 13.1 Å². The van der Waals surface area contributed by atoms with Crippen molar-refractivity contribution in [3.05, 3.63) is 40.9 Å². The Labute approximate surface area is 123 Å². The number of hydrogen-bond donors (Lipinski definition) is 0. The molecule has 0 atom stereocenters. The van der Waals surface area contributed by atoms with Crippen LogP contribution in [0.5, 0.6) is 0 Å². The lowest BCUT2D eigenvalue weighted by Crippen LogP contribution is -2.28. The van der Waals surface area contributed by atoms with Crippen LogP contribution in [0.25, 0.3) is 16.6 Å². The highest BCUT2D eigenvalue weighted by molar-refractivity contribution is 7.13. The maximum Gasteiger partial charge on any atom is 0.246 e. The molecule has 4 heteroatoms. The fourth-order valence-electron chi connectivity index (χ4n) is 2.66. The van der Waals surface area contributed by atoms with Crippen LogP contribution in [0.3, 0.4) is 0 Å². The van der Waals surface area contributed by atoms with Gasteiger partial charge in [0.15, 0.2) is 0 Å². The number of amides is 1. The Kier molecular flexibility index (Phi) is 3.49. The van der Waals surface area contributed by atoms with Gasteiger partial charge in [0.05, 0.1) is 10.6 Å². The molecule has 0 saturated carbocycles. The van der Waals surface area contributed by atoms with E-state index in [1.807, 2.05) is 24.8 Å². The predicted octanol–water partition coefficient (Wildman–Crippen LogP) is 3.46. The normalized spacial score (nSPS) is 12.7. The molecule has 2 aromatic rings. The summed E-state index contributed by atoms with van der Waals surface area (Å²) < 4.78 is 2.27. The van der Waals surface area contributed by atoms with Gasteiger partial charge in [0.1, 0.15) is 0 Å². The molecule has 20 heavy (non-hydrogen) atoms. The summed E-state index contributed by atoms with van der Waals surface area (Å²) in [4.78, 5) is 15.2. The van der Waals surface area contributed by atoms with Gasteiger partial charge in [-0.1, -0.05) is 0 Å². The molecule has 1 amide bonds. The van der Waals surface area contributed by atoms with Crippen molar-refractivity contribution in [1.82, 2.24) is 9.47 Å². The number of fused-ring (bicyclic) bond motifs is 3. The smallest absolute Gasteiger partial charge is 0.246 e. The van der Waals surface area contributed by atoms with E-state index >= 15 is 0 Å². The quantitative estimate of drug-likeness (QED) is 0.674. The molecule has 1 aliphatic rings. The van der Waals surface area contributed by atoms with E-state index in [9.17, 15) is 4.79 Å². The Hall–Kier alpha value is -1.81. The molecule has 0 unspecified atom stereocenters. The van der Waals surface area contributed by atoms with Crippen LogP contribution < -0.4 is 0 Å². The first-order chi connectivity index (χ1) is 9.74. The molecule has 0 fully saturated rings. The van der Waals surface area contributed by atoms with Crippen molar-refractivity contribution in [1.29, 1.82) is 0 Å². The molecule has 0 aromatic carbocycles. The average molecular weight is 286 g/mol. The lowest BCUT2D eigenvalue weighted by Gasteiger charge is -2.15. The van der Waals surface area contributed by atoms with Crippen molar-refractivity contribution in [3.63, 3.8) is 0 Å². The number of rotatable bonds is 4. The molecule has 0 bridgehead atoms. The number of thiophene rings is 1. The van der Waals surface area contributed by atoms with E-state index in [0.29, 0.717) is 0 Å². The zero-order chi connectivity index (χ0) is 14.1. The summed E-state index contributed by atoms with van der Waals surface area (Å²) in [6.45, 7) is 6.43. The largest absolute Gasteiger partial charge is 0.340 e. The molecule has 0 radical (unpaired) electrons. The van der Waals surface area contributed by atoms with E-state index in [4.69, 9.17) is 0 Å². The van der Waals surface area contributed by atoms with Gasteiger partial charge in [0.25, 0.3) is 0 Å². The number of aromatic nitrogens is 1. The summed E-state index contributed by atoms with van der Waals surface area (Å²) in [7, 11) is 0. The Morgan fingerprint density at radius 3 is 2.90 bits per heavy atom. The second kappa shape index (κ2) is 5.29. The van der Waals surface area contributed by atoms with Crippen LogP contribution in [-0.4, -0.2) is 28.5 Å². The molecular formula is C16H18N2OS. The Balaban J connectivity index is 1.82. The zero-order valence-corrected chi connectivity index (χ0v) is 12.6. The summed E-state index contributed by atoms with van der Waals surface area (Å²) in [5, 5.41) is 2.14. The van der Waals surface area contributed by atoms with Crippen molar-refractivity contribution in [2.45, 2.75) is 20.4 Å². The monoisotopic (exact) mass is 286 g/mol. The molecule has 0 N–H and O–H groups in total. The van der Waals surface area contributed by atoms with Gasteiger partial charge in [-0.05, 0) is 49.1 Å². The number of nitrogens with zero attached hydrogens (tertiary/aromatic N) is 2. The minimum Gasteiger partial charge on any atom is -0.340 e. The van der Waals surface area contributed by atoms with Gasteiger partial charge >= 0.3 is 0 Å². The standard InChI is InChI=1S/C16H18N2OS/c1-3-17(4-2)15(19)8-6-13-5-7-14-16-12(9-10-20-16)11-18(13)14/h5-10H,3-4,11H2,1-2H3/b8-6+. The first kappa shape index (κ1) is 13.2. The third-order valence-corrected chi connectivity index (χ3v) is 4.77. The molecule has 1 aliphatic heterocycles. The van der Waals surface area contributed by atoms with Crippen LogP contribution in [-0.2, 0) is 11.3 Å². The van der Waals surface area contributed by atoms with Gasteiger partial charge in [0.2, 0.25) is 5.91 Å². The Bertz CT molecular complexity index is 662. The van der Waals surface area contributed by atoms with Crippen molar-refractivity contribution in [3.8, 4) is 10.6 Å². The number of hydrogen-bond acceptors (Lipinski definition) is 2. The van der Waals surface area contributed by atoms with Crippen LogP contribution >= 0.6 is 11.3 Å². The highest BCUT2D eigenvalue weighted by atomic mass is 32.1. The lowest BCUT2D eigenvalue weighted by atomic mass is 10.2. The molecule has 0 spiro atoms. The topological polar surface area (TPSA) is 25.2 Å². The molecule has 104 valence electrons. The summed E-state index contributed by atoms with van der Waals surface area (Å²) >= 11 is 1.78. The molecule has 0 saturated heterocycles. The maximum absolute atomic E-state index is 12.0. The van der Waals surface area contributed by atoms with Crippen LogP contribution in [0.4, 0.5) is 0 Å². The van der Waals surface area contributed by atoms with Gasteiger partial charge < -0.3 is 9.47 Å². The average Bonchev–Trinajstić information content (AvgIpc) is 3.10. The summed E-state index contributed by atoms with van der Waals surface area (Å²) in [5.74, 6) is 0.0818. The third kappa shape index (κ3) is 2.10. The third-order valence-electron chi connectivity index (χ3n) is 3.79. The number of likely N-dealkylation sites (N-methyl/N-ethyl adjacent to an activating group) is 1. The van der Waals surface area contributed by atoms with Crippen LogP contribution in [0.1, 0.15) is 25.1 Å². The van der Waals surface area contributed by atoms with Gasteiger partial charge in [-0.15, -0.1) is 11.3 Å². The van der Waals surface area contributed by atoms with Gasteiger partial charge in [0, 0.05) is 31.4 Å². The molecule has 0 aliphatic carbocycles. The summed E-state index contributed by atoms with van der Waals surface area (Å²) in [5.41, 5.74) is 3.75. The number of carbonyl (C=O) groups excluding carboxylic acids is 1. The molecule has 2 aromatic heterocycles. The maximum atomic E-state index is 12.0. The second-order valence-corrected chi connectivity index (χ2v) is 5.76. The predicted molar refractivity (Wildman–Crippen MR) is 83.8 cm³/mol. The van der Waals surface area contributed by atoms with Crippen molar-refractivity contribution >= 4 is 23.3 Å². The minimum atomic E-state index is 0.0818. The summed E-state index contributed by atoms with van der Waals surface area (Å²) in [6, 6.07) is 6.41. The van der Waals surface area contributed by atoms with E-state index in [-0.39, 0.29) is 5.91 Å². The van der Waals surface area contributed by atoms with Crippen molar-refractivity contribution < 1.29 is 4.79 Å². The summed E-state index contributed by atoms with van der Waals surface area (Å²) in [6.07, 6.45) is 3.61. The van der Waals surface area contributed by atoms with E-state index in [2.05, 4.69) is 28.1 Å². The molecule has 3 heterocycles. The van der Waals surface area contributed by atoms with E-state index in [1.54, 1.807) is 17.4 Å².